The summed E-state index contributed by atoms with van der Waals surface area (Å²) in [6.45, 7) is 0. The highest BCUT2D eigenvalue weighted by atomic mass is 15.5. The molecular formula is C25H18N4. The summed E-state index contributed by atoms with van der Waals surface area (Å²) in [4.78, 5) is 15.0. The average molecular weight is 374 g/mol. The lowest BCUT2D eigenvalue weighted by Gasteiger charge is -2.48. The van der Waals surface area contributed by atoms with E-state index in [1.807, 2.05) is 24.3 Å². The molecule has 0 radical (unpaired) electrons. The van der Waals surface area contributed by atoms with Crippen molar-refractivity contribution in [3.05, 3.63) is 96.6 Å². The number of allylic oxidation sites excluding steroid dienone is 1. The van der Waals surface area contributed by atoms with E-state index in [4.69, 9.17) is 9.97 Å². The van der Waals surface area contributed by atoms with E-state index < -0.39 is 0 Å². The molecule has 0 fully saturated rings. The minimum absolute atomic E-state index is 0.147. The summed E-state index contributed by atoms with van der Waals surface area (Å²) in [6.07, 6.45) is 4.83. The predicted molar refractivity (Wildman–Crippen MR) is 116 cm³/mol. The van der Waals surface area contributed by atoms with E-state index >= 15 is 0 Å². The molecule has 4 aromatic rings. The molecule has 7 rings (SSSR count). The number of hydrogen-bond donors (Lipinski definition) is 0. The third kappa shape index (κ3) is 1.93. The predicted octanol–water partition coefficient (Wildman–Crippen LogP) is 5.53. The topological polar surface area (TPSA) is 32.3 Å². The van der Waals surface area contributed by atoms with Gasteiger partial charge in [-0.1, -0.05) is 60.7 Å². The van der Waals surface area contributed by atoms with Gasteiger partial charge in [0.15, 0.2) is 11.6 Å². The molecule has 29 heavy (non-hydrogen) atoms. The molecule has 3 atom stereocenters. The van der Waals surface area contributed by atoms with Crippen LogP contribution < -0.4 is 9.80 Å². The first-order valence-corrected chi connectivity index (χ1v) is 10.1. The van der Waals surface area contributed by atoms with Crippen molar-refractivity contribution in [1.82, 2.24) is 9.97 Å². The van der Waals surface area contributed by atoms with E-state index in [1.165, 1.54) is 11.3 Å². The average Bonchev–Trinajstić information content (AvgIpc) is 3.05. The van der Waals surface area contributed by atoms with Crippen LogP contribution in [0.4, 0.5) is 23.0 Å². The molecule has 2 aliphatic heterocycles. The fraction of sp³-hybridized carbons (Fsp3) is 0.120. The maximum atomic E-state index is 5.10. The second kappa shape index (κ2) is 5.45. The molecule has 4 heteroatoms. The van der Waals surface area contributed by atoms with E-state index in [9.17, 15) is 0 Å². The highest BCUT2D eigenvalue weighted by molar-refractivity contribution is 5.91. The second-order valence-electron chi connectivity index (χ2n) is 7.90. The number of benzene rings is 3. The summed E-state index contributed by atoms with van der Waals surface area (Å²) >= 11 is 0. The van der Waals surface area contributed by atoms with Crippen molar-refractivity contribution in [1.29, 1.82) is 0 Å². The molecule has 3 heterocycles. The monoisotopic (exact) mass is 374 g/mol. The van der Waals surface area contributed by atoms with Crippen molar-refractivity contribution in [3.8, 4) is 0 Å². The molecule has 0 saturated heterocycles. The van der Waals surface area contributed by atoms with Crippen LogP contribution in [0.3, 0.4) is 0 Å². The molecule has 3 unspecified atom stereocenters. The van der Waals surface area contributed by atoms with Crippen molar-refractivity contribution in [2.45, 2.75) is 12.1 Å². The van der Waals surface area contributed by atoms with Gasteiger partial charge in [-0.25, -0.2) is 9.97 Å². The van der Waals surface area contributed by atoms with Gasteiger partial charge in [0.25, 0.3) is 0 Å². The minimum Gasteiger partial charge on any atom is -0.301 e. The third-order valence-electron chi connectivity index (χ3n) is 6.41. The zero-order chi connectivity index (χ0) is 18.9. The van der Waals surface area contributed by atoms with Gasteiger partial charge in [-0.15, -0.1) is 0 Å². The van der Waals surface area contributed by atoms with Crippen LogP contribution in [-0.2, 0) is 0 Å². The maximum Gasteiger partial charge on any atom is 0.179 e. The summed E-state index contributed by atoms with van der Waals surface area (Å²) < 4.78 is 0. The van der Waals surface area contributed by atoms with Crippen LogP contribution in [0, 0.1) is 5.92 Å². The number of anilines is 4. The Morgan fingerprint density at radius 3 is 2.00 bits per heavy atom. The fourth-order valence-electron chi connectivity index (χ4n) is 5.07. The van der Waals surface area contributed by atoms with Gasteiger partial charge in [0, 0.05) is 23.2 Å². The van der Waals surface area contributed by atoms with E-state index in [0.29, 0.717) is 11.8 Å². The number of fused-ring (bicyclic) bond motifs is 9. The highest BCUT2D eigenvalue weighted by Crippen LogP contribution is 2.57. The Kier molecular flexibility index (Phi) is 2.87. The molecule has 0 saturated carbocycles. The van der Waals surface area contributed by atoms with Crippen LogP contribution in [0.15, 0.2) is 91.0 Å². The Morgan fingerprint density at radius 1 is 0.621 bits per heavy atom. The van der Waals surface area contributed by atoms with Gasteiger partial charge in [0.1, 0.15) is 6.17 Å². The minimum atomic E-state index is 0.147. The molecule has 0 amide bonds. The first-order chi connectivity index (χ1) is 14.4. The number of hydrogen-bond acceptors (Lipinski definition) is 4. The molecule has 0 bridgehead atoms. The van der Waals surface area contributed by atoms with Crippen LogP contribution >= 0.6 is 0 Å². The van der Waals surface area contributed by atoms with Gasteiger partial charge in [-0.2, -0.15) is 0 Å². The van der Waals surface area contributed by atoms with E-state index in [-0.39, 0.29) is 6.17 Å². The van der Waals surface area contributed by atoms with E-state index in [2.05, 4.69) is 76.5 Å². The molecule has 3 aliphatic rings. The van der Waals surface area contributed by atoms with Gasteiger partial charge in [-0.3, -0.25) is 0 Å². The lowest BCUT2D eigenvalue weighted by atomic mass is 9.72. The zero-order valence-electron chi connectivity index (χ0n) is 15.7. The lowest BCUT2D eigenvalue weighted by Crippen LogP contribution is -2.51. The van der Waals surface area contributed by atoms with Crippen molar-refractivity contribution >= 4 is 34.0 Å². The SMILES string of the molecule is C1=CC2C1c1ccccc1N1c3nc4ccccc4nc3N(c3ccccc3)C21. The van der Waals surface area contributed by atoms with Crippen LogP contribution in [0.5, 0.6) is 0 Å². The summed E-state index contributed by atoms with van der Waals surface area (Å²) in [5, 5.41) is 0. The quantitative estimate of drug-likeness (QED) is 0.410. The fourth-order valence-corrected chi connectivity index (χ4v) is 5.07. The summed E-state index contributed by atoms with van der Waals surface area (Å²) in [5.41, 5.74) is 5.65. The largest absolute Gasteiger partial charge is 0.301 e. The smallest absolute Gasteiger partial charge is 0.179 e. The van der Waals surface area contributed by atoms with Gasteiger partial charge >= 0.3 is 0 Å². The summed E-state index contributed by atoms with van der Waals surface area (Å²) in [5.74, 6) is 2.74. The van der Waals surface area contributed by atoms with Crippen molar-refractivity contribution in [2.75, 3.05) is 9.80 Å². The second-order valence-corrected chi connectivity index (χ2v) is 7.90. The first-order valence-electron chi connectivity index (χ1n) is 10.1. The number of para-hydroxylation sites is 4. The molecular weight excluding hydrogens is 356 g/mol. The van der Waals surface area contributed by atoms with Gasteiger partial charge < -0.3 is 9.80 Å². The van der Waals surface area contributed by atoms with Gasteiger partial charge in [0.2, 0.25) is 0 Å². The Morgan fingerprint density at radius 2 is 1.28 bits per heavy atom. The standard InChI is InChI=1S/C25H18N4/c1-2-8-16(9-3-1)28-23-24(27-21-12-6-5-11-20(21)26-23)29-22-13-7-4-10-18(22)17-14-15-19(17)25(28)29/h1-15,17,19,25H. The van der Waals surface area contributed by atoms with Crippen LogP contribution in [0.25, 0.3) is 11.0 Å². The Hall–Kier alpha value is -3.66. The number of rotatable bonds is 1. The Bertz CT molecular complexity index is 1300. The molecule has 0 N–H and O–H groups in total. The number of nitrogens with zero attached hydrogens (tertiary/aromatic N) is 4. The Labute approximate surface area is 168 Å². The van der Waals surface area contributed by atoms with Crippen LogP contribution in [-0.4, -0.2) is 16.1 Å². The van der Waals surface area contributed by atoms with Crippen molar-refractivity contribution in [2.24, 2.45) is 5.92 Å². The lowest BCUT2D eigenvalue weighted by molar-refractivity contribution is 0.416. The molecule has 138 valence electrons. The molecule has 0 spiro atoms. The zero-order valence-corrected chi connectivity index (χ0v) is 15.7. The highest BCUT2D eigenvalue weighted by Gasteiger charge is 2.52. The maximum absolute atomic E-state index is 5.10. The molecule has 1 aromatic heterocycles. The van der Waals surface area contributed by atoms with Crippen LogP contribution in [0.1, 0.15) is 11.5 Å². The van der Waals surface area contributed by atoms with E-state index in [1.54, 1.807) is 0 Å². The third-order valence-corrected chi connectivity index (χ3v) is 6.41. The normalized spacial score (nSPS) is 23.2. The van der Waals surface area contributed by atoms with Gasteiger partial charge in [-0.05, 0) is 35.9 Å². The number of aromatic nitrogens is 2. The van der Waals surface area contributed by atoms with Crippen molar-refractivity contribution < 1.29 is 0 Å². The first kappa shape index (κ1) is 15.3. The summed E-state index contributed by atoms with van der Waals surface area (Å²) in [6, 6.07) is 27.5. The summed E-state index contributed by atoms with van der Waals surface area (Å²) in [7, 11) is 0. The van der Waals surface area contributed by atoms with Crippen molar-refractivity contribution in [3.63, 3.8) is 0 Å². The van der Waals surface area contributed by atoms with Gasteiger partial charge in [0.05, 0.1) is 11.0 Å². The van der Waals surface area contributed by atoms with Crippen LogP contribution in [0.2, 0.25) is 0 Å². The van der Waals surface area contributed by atoms with E-state index in [0.717, 1.165) is 28.4 Å². The molecule has 1 aliphatic carbocycles. The molecule has 3 aromatic carbocycles. The Balaban J connectivity index is 1.55. The molecule has 4 nitrogen and oxygen atoms in total.